The summed E-state index contributed by atoms with van der Waals surface area (Å²) >= 11 is 144. The van der Waals surface area contributed by atoms with Crippen molar-refractivity contribution in [2.45, 2.75) is 35.5 Å². The normalized spacial score (nSPS) is 15.3. The van der Waals surface area contributed by atoms with Crippen molar-refractivity contribution in [3.63, 3.8) is 0 Å². The first kappa shape index (κ1) is 191. The fraction of sp³-hybridized carbons (Fsp3) is 0.235. The number of rotatable bonds is 41. The Balaban J connectivity index is 0. The number of carbonyl (C=O) groups excluding carboxylic acids is 2. The summed E-state index contributed by atoms with van der Waals surface area (Å²) in [6, 6.07) is 14.0. The Morgan fingerprint density at radius 2 is 0.519 bits per heavy atom. The van der Waals surface area contributed by atoms with Crippen molar-refractivity contribution in [3.8, 4) is 24.2 Å². The molecule has 0 aliphatic carbocycles. The van der Waals surface area contributed by atoms with Crippen LogP contribution in [-0.4, -0.2) is 58.6 Å². The van der Waals surface area contributed by atoms with Gasteiger partial charge in [0.25, 0.3) is 0 Å². The second kappa shape index (κ2) is 113. The van der Waals surface area contributed by atoms with Crippen LogP contribution in [0.5, 0.6) is 0 Å². The van der Waals surface area contributed by atoms with Crippen molar-refractivity contribution in [2.75, 3.05) is 26.7 Å². The van der Waals surface area contributed by atoms with Crippen LogP contribution in [0.25, 0.3) is 0 Å². The molecule has 2 aromatic heterocycles. The van der Waals surface area contributed by atoms with E-state index < -0.39 is 296 Å². The fourth-order valence-electron chi connectivity index (χ4n) is 4.61. The van der Waals surface area contributed by atoms with Gasteiger partial charge in [0.15, 0.2) is 10.3 Å². The Labute approximate surface area is 1360 Å². The molecular formula is C34H27F6I83N4O4S2. The van der Waals surface area contributed by atoms with E-state index in [1.165, 1.54) is 26.0 Å². The molecule has 2 aromatic carbocycles. The molecule has 0 aliphatic rings. The van der Waals surface area contributed by atoms with Gasteiger partial charge in [0.05, 0.1) is 27.1 Å². The van der Waals surface area contributed by atoms with E-state index in [9.17, 15) is 35.9 Å². The average molecular weight is 11300 g/mol. The van der Waals surface area contributed by atoms with Gasteiger partial charge < -0.3 is 9.47 Å². The van der Waals surface area contributed by atoms with Gasteiger partial charge in [-0.2, -0.15) is 26.3 Å². The number of hydrogen-bond acceptors (Lipinski definition) is 10. The molecule has 99 heteroatoms. The summed E-state index contributed by atoms with van der Waals surface area (Å²) in [5.41, 5.74) is 0.388. The van der Waals surface area contributed by atoms with E-state index >= 15 is 0 Å². The van der Waals surface area contributed by atoms with Gasteiger partial charge in [0, 0.05) is 23.5 Å². The zero-order chi connectivity index (χ0) is 104. The summed E-state index contributed by atoms with van der Waals surface area (Å²) in [7, 11) is -17.4. The number of methoxy groups -OCH3 is 2. The first-order valence-corrected chi connectivity index (χ1v) is 525. The molecule has 133 heavy (non-hydrogen) atoms. The van der Waals surface area contributed by atoms with E-state index in [4.69, 9.17) is 6.42 Å². The number of ether oxygens (including phenoxy) is 2. The molecule has 4 rings (SSSR count). The maximum atomic E-state index is 13.1. The van der Waals surface area contributed by atoms with Crippen LogP contribution in [0.2, 0.25) is 0 Å². The van der Waals surface area contributed by atoms with Crippen molar-refractivity contribution >= 4 is 1180 Å². The molecular weight excluding hydrogens is 11200 g/mol. The van der Waals surface area contributed by atoms with Crippen molar-refractivity contribution in [1.29, 1.82) is 0 Å². The first-order valence-electron chi connectivity index (χ1n) is 25.3. The van der Waals surface area contributed by atoms with E-state index in [1.807, 2.05) is 18.2 Å². The monoisotopic (exact) mass is 11300 g/mol. The van der Waals surface area contributed by atoms with Gasteiger partial charge in [0.1, 0.15) is 20.5 Å². The third-order valence-corrected chi connectivity index (χ3v) is 5790. The molecule has 4 aromatic rings. The van der Waals surface area contributed by atoms with Crippen LogP contribution >= 0.6 is 1170 Å². The van der Waals surface area contributed by atoms with Crippen LogP contribution in [0.3, 0.4) is 0 Å². The van der Waals surface area contributed by atoms with E-state index in [0.29, 0.717) is 16.3 Å². The third-order valence-electron chi connectivity index (χ3n) is 8.95. The number of alkyl halides is 6. The van der Waals surface area contributed by atoms with Crippen LogP contribution in [0.4, 0.5) is 26.3 Å². The zero-order valence-corrected chi connectivity index (χ0v) is 239. The van der Waals surface area contributed by atoms with Crippen LogP contribution in [0.15, 0.2) is 71.2 Å². The molecule has 0 aliphatic heterocycles. The number of thioether (sulfide) groups is 2. The number of carbonyl (C=O) groups is 2. The number of halogens is 89. The second-order valence-electron chi connectivity index (χ2n) is 15.5. The molecule has 0 N–H and O–H groups in total. The number of benzene rings is 2. The van der Waals surface area contributed by atoms with Crippen LogP contribution < -0.4 is 0 Å². The van der Waals surface area contributed by atoms with E-state index in [2.05, 4.69) is 866 Å². The first-order chi connectivity index (χ1) is 61.1. The fourth-order valence-corrected chi connectivity index (χ4v) is 13800. The molecule has 0 bridgehead atoms. The SMILES string of the molecule is C#Cc1ccccc1CC(=O)OC.COC(=O)Cc1ccccc1C#Cc1nc(SC)ncc1C(F)(F)F.CSc1ncc(C(F)(F)F)c(I)n1.II(I)I.II(I)I(I)I(I)I(I)I(I)I(I)I.II(I)I(I)I(I)I(I)I(I)I(I)I(I)I(I)I(I)I(I)I(I)I(I)I(I)I(I)I(I)I(I)I(I)I(I)I(I)I(I)I(I)I(I)I(I)I(I)I(I)I(I)I(I)I(I)I(I)I(I)I(I)I. The molecule has 0 amide bonds. The van der Waals surface area contributed by atoms with Crippen LogP contribution in [0, 0.1) is 27.9 Å². The molecule has 0 saturated heterocycles. The average Bonchev–Trinajstić information content (AvgIpc) is 0.830. The molecule has 2 heterocycles. The van der Waals surface area contributed by atoms with Crippen LogP contribution in [-0.2, 0) is 44.3 Å². The van der Waals surface area contributed by atoms with Crippen molar-refractivity contribution < 1.29 is 45.4 Å². The van der Waals surface area contributed by atoms with Gasteiger partial charge in [-0.15, -0.1) is 6.42 Å². The maximum absolute atomic E-state index is 13.1. The van der Waals surface area contributed by atoms with Gasteiger partial charge in [-0.1, -0.05) is 71.8 Å². The minimum absolute atomic E-state index is 0.0205. The Morgan fingerprint density at radius 1 is 0.323 bits per heavy atom. The summed E-state index contributed by atoms with van der Waals surface area (Å²) in [5.74, 6) is 6.90. The Morgan fingerprint density at radius 3 is 0.714 bits per heavy atom. The van der Waals surface area contributed by atoms with Crippen molar-refractivity contribution in [1.82, 2.24) is 19.9 Å². The summed E-state index contributed by atoms with van der Waals surface area (Å²) < 4.78 is 84.9. The number of hydrogen-bond donors (Lipinski definition) is 0. The van der Waals surface area contributed by atoms with Gasteiger partial charge in [-0.25, -0.2) is 19.9 Å². The predicted octanol–water partition coefficient (Wildman–Crippen LogP) is 80.2. The minimum atomic E-state index is -4.60. The Hall–Kier alpha value is 55.5. The van der Waals surface area contributed by atoms with Gasteiger partial charge >= 0.3 is 1140 Å². The van der Waals surface area contributed by atoms with Crippen LogP contribution in [0.1, 0.15) is 39.1 Å². The molecule has 0 unspecified atom stereocenters. The topological polar surface area (TPSA) is 104 Å². The van der Waals surface area contributed by atoms with Gasteiger partial charge in [-0.05, 0) is 64.3 Å². The molecule has 0 fully saturated rings. The summed E-state index contributed by atoms with van der Waals surface area (Å²) in [6.45, 7) is 0. The number of terminal acetylenes is 1. The molecule has 0 spiro atoms. The number of aromatic nitrogens is 4. The predicted molar refractivity (Wildman–Crippen MR) is 1340 cm³/mol. The molecule has 842 valence electrons. The number of esters is 2. The Kier molecular flexibility index (Phi) is 162. The number of nitrogens with zero attached hydrogens (tertiary/aromatic N) is 4. The standard InChI is InChI=1S/C17H13F3N2O2S.C11H10O2.C6H4F3IN2S.I64.I14.I4/c1-24-15(23)9-12-6-4-3-5-11(12)7-8-14-13(17(18,19)20)10-21-16(22-14)25-2;1-3-9-6-4-5-7-10(9)8-11(12)13-2;1-13-5-11-2-3(4(10)12-5)6(7,8)9;1-34(2)36(5)38(7)40(9)42(11)44(13)46(15)48(17)50(19)52(21)54(23)56(25)58(27)60(29)62(31)64(33)63(32)61(30)59(28)57(26)55(24)53(22)51(20)49(18)47(16)45(14)43(12)41(10)39(8)37(6)35(3)4;1-9(2)11(5)13(7)14(8)12(6)10(3)4;1-4(2)3/h3-6,10H,9H2,1-2H3;1,4-7H,8H2,2H3;2H,1H3;;;. The van der Waals surface area contributed by atoms with Crippen molar-refractivity contribution in [2.24, 2.45) is 0 Å². The zero-order valence-electron chi connectivity index (χ0n) is 58.1. The summed E-state index contributed by atoms with van der Waals surface area (Å²) in [4.78, 5) is 37.1. The summed E-state index contributed by atoms with van der Waals surface area (Å²) in [6.07, 6.45) is 1.40. The molecule has 0 atom stereocenters. The quantitative estimate of drug-likeness (QED) is 0.00811. The molecule has 0 saturated carbocycles. The summed E-state index contributed by atoms with van der Waals surface area (Å²) in [5, 5.41) is 0.539. The van der Waals surface area contributed by atoms with E-state index in [0.717, 1.165) is 35.3 Å². The molecule has 0 radical (unpaired) electrons. The Bertz CT molecular complexity index is 3980. The van der Waals surface area contributed by atoms with Gasteiger partial charge in [-0.3, -0.25) is 9.59 Å². The van der Waals surface area contributed by atoms with Gasteiger partial charge in [0.2, 0.25) is 0 Å². The van der Waals surface area contributed by atoms with E-state index in [-0.39, 0.29) is 67.1 Å². The second-order valence-corrected chi connectivity index (χ2v) is 1870. The van der Waals surface area contributed by atoms with Crippen molar-refractivity contribution in [3.05, 3.63) is 104 Å². The molecule has 8 nitrogen and oxygen atoms in total. The van der Waals surface area contributed by atoms with E-state index in [1.54, 1.807) is 65.4 Å². The third kappa shape index (κ3) is 83.2.